The maximum atomic E-state index is 12.4. The Bertz CT molecular complexity index is 1010. The monoisotopic (exact) mass is 353 g/mol. The third-order valence-electron chi connectivity index (χ3n) is 4.42. The highest BCUT2D eigenvalue weighted by molar-refractivity contribution is 5.82. The molecule has 3 rings (SSSR count). The highest BCUT2D eigenvalue weighted by Gasteiger charge is 2.17. The van der Waals surface area contributed by atoms with Crippen LogP contribution in [0, 0.1) is 13.8 Å². The topological polar surface area (TPSA) is 104 Å². The van der Waals surface area contributed by atoms with Crippen molar-refractivity contribution in [1.29, 1.82) is 0 Å². The highest BCUT2D eigenvalue weighted by atomic mass is 16.3. The molecule has 26 heavy (non-hydrogen) atoms. The molecule has 0 aliphatic heterocycles. The average Bonchev–Trinajstić information content (AvgIpc) is 2.53. The molecule has 0 saturated heterocycles. The zero-order chi connectivity index (χ0) is 18.8. The summed E-state index contributed by atoms with van der Waals surface area (Å²) in [6, 6.07) is 5.97. The van der Waals surface area contributed by atoms with Crippen LogP contribution in [0.5, 0.6) is 5.88 Å². The first-order chi connectivity index (χ1) is 12.4. The number of nitrogens with one attached hydrogen (secondary N) is 2. The molecule has 0 aliphatic carbocycles. The molecule has 1 aromatic carbocycles. The lowest BCUT2D eigenvalue weighted by atomic mass is 9.99. The van der Waals surface area contributed by atoms with Gasteiger partial charge in [0.1, 0.15) is 0 Å². The molecule has 0 spiro atoms. The van der Waals surface area contributed by atoms with Gasteiger partial charge in [0.25, 0.3) is 5.56 Å². The molecule has 0 radical (unpaired) electrons. The molecule has 0 aliphatic rings. The molecule has 3 N–H and O–H groups in total. The van der Waals surface area contributed by atoms with Crippen molar-refractivity contribution < 1.29 is 5.11 Å². The highest BCUT2D eigenvalue weighted by Crippen LogP contribution is 2.25. The molecule has 3 aromatic rings. The minimum absolute atomic E-state index is 0.0626. The van der Waals surface area contributed by atoms with E-state index >= 15 is 0 Å². The number of benzene rings is 1. The first-order valence-corrected chi connectivity index (χ1v) is 8.74. The van der Waals surface area contributed by atoms with E-state index in [-0.39, 0.29) is 23.3 Å². The summed E-state index contributed by atoms with van der Waals surface area (Å²) in [5, 5.41) is 14.1. The number of rotatable bonds is 5. The summed E-state index contributed by atoms with van der Waals surface area (Å²) >= 11 is 0. The Labute approximate surface area is 151 Å². The average molecular weight is 353 g/mol. The van der Waals surface area contributed by atoms with Crippen molar-refractivity contribution in [3.8, 4) is 5.88 Å². The Hall–Kier alpha value is -2.96. The fourth-order valence-electron chi connectivity index (χ4n) is 3.11. The Balaban J connectivity index is 1.96. The second kappa shape index (κ2) is 7.11. The van der Waals surface area contributed by atoms with Crippen LogP contribution in [0.4, 0.5) is 11.9 Å². The Kier molecular flexibility index (Phi) is 4.88. The zero-order valence-corrected chi connectivity index (χ0v) is 15.4. The van der Waals surface area contributed by atoms with Crippen molar-refractivity contribution in [2.24, 2.45) is 0 Å². The SMILES string of the molecule is CCC[C@H](C)c1c(O)nc(Nc2nc(C)c3ccc(C)cc3n2)[nH]c1=O. The molecular weight excluding hydrogens is 330 g/mol. The van der Waals surface area contributed by atoms with Gasteiger partial charge in [-0.05, 0) is 37.8 Å². The van der Waals surface area contributed by atoms with Crippen LogP contribution >= 0.6 is 0 Å². The van der Waals surface area contributed by atoms with E-state index in [0.717, 1.165) is 35.0 Å². The van der Waals surface area contributed by atoms with Gasteiger partial charge in [0, 0.05) is 5.39 Å². The van der Waals surface area contributed by atoms with Crippen LogP contribution in [-0.2, 0) is 0 Å². The normalized spacial score (nSPS) is 12.3. The van der Waals surface area contributed by atoms with Gasteiger partial charge in [0.15, 0.2) is 0 Å². The van der Waals surface area contributed by atoms with E-state index in [2.05, 4.69) is 25.3 Å². The van der Waals surface area contributed by atoms with E-state index in [1.54, 1.807) is 0 Å². The Morgan fingerprint density at radius 3 is 2.69 bits per heavy atom. The van der Waals surface area contributed by atoms with E-state index in [9.17, 15) is 9.90 Å². The van der Waals surface area contributed by atoms with E-state index in [1.165, 1.54) is 0 Å². The van der Waals surface area contributed by atoms with Gasteiger partial charge in [-0.3, -0.25) is 15.1 Å². The van der Waals surface area contributed by atoms with Gasteiger partial charge in [-0.1, -0.05) is 32.4 Å². The Morgan fingerprint density at radius 1 is 1.23 bits per heavy atom. The lowest BCUT2D eigenvalue weighted by Crippen LogP contribution is -2.18. The first kappa shape index (κ1) is 17.8. The summed E-state index contributed by atoms with van der Waals surface area (Å²) in [6.45, 7) is 7.83. The first-order valence-electron chi connectivity index (χ1n) is 8.74. The summed E-state index contributed by atoms with van der Waals surface area (Å²) in [7, 11) is 0. The second-order valence-corrected chi connectivity index (χ2v) is 6.62. The summed E-state index contributed by atoms with van der Waals surface area (Å²) in [5.74, 6) is 0.113. The van der Waals surface area contributed by atoms with Crippen LogP contribution in [0.15, 0.2) is 23.0 Å². The summed E-state index contributed by atoms with van der Waals surface area (Å²) < 4.78 is 0. The number of aromatic nitrogens is 4. The molecule has 7 nitrogen and oxygen atoms in total. The quantitative estimate of drug-likeness (QED) is 0.646. The van der Waals surface area contributed by atoms with Crippen molar-refractivity contribution in [1.82, 2.24) is 19.9 Å². The summed E-state index contributed by atoms with van der Waals surface area (Å²) in [6.07, 6.45) is 1.72. The van der Waals surface area contributed by atoms with Gasteiger partial charge < -0.3 is 5.11 Å². The lowest BCUT2D eigenvalue weighted by Gasteiger charge is -2.12. The summed E-state index contributed by atoms with van der Waals surface area (Å²) in [5.41, 5.74) is 2.68. The predicted molar refractivity (Wildman–Crippen MR) is 102 cm³/mol. The van der Waals surface area contributed by atoms with Crippen molar-refractivity contribution in [2.75, 3.05) is 5.32 Å². The molecule has 136 valence electrons. The number of aromatic hydroxyl groups is 1. The van der Waals surface area contributed by atoms with Crippen LogP contribution in [-0.4, -0.2) is 25.0 Å². The number of aryl methyl sites for hydroxylation is 2. The summed E-state index contributed by atoms with van der Waals surface area (Å²) in [4.78, 5) is 28.0. The van der Waals surface area contributed by atoms with Crippen molar-refractivity contribution in [3.05, 3.63) is 45.4 Å². The number of H-pyrrole nitrogens is 1. The number of nitrogens with zero attached hydrogens (tertiary/aromatic N) is 3. The van der Waals surface area contributed by atoms with Gasteiger partial charge in [0.05, 0.1) is 16.8 Å². The van der Waals surface area contributed by atoms with Crippen molar-refractivity contribution in [3.63, 3.8) is 0 Å². The molecule has 1 atom stereocenters. The molecular formula is C19H23N5O2. The fourth-order valence-corrected chi connectivity index (χ4v) is 3.11. The molecule has 7 heteroatoms. The predicted octanol–water partition coefficient (Wildman–Crippen LogP) is 3.68. The molecule has 2 heterocycles. The number of anilines is 2. The minimum atomic E-state index is -0.352. The second-order valence-electron chi connectivity index (χ2n) is 6.62. The maximum Gasteiger partial charge on any atom is 0.259 e. The van der Waals surface area contributed by atoms with Gasteiger partial charge in [0.2, 0.25) is 17.8 Å². The molecule has 2 aromatic heterocycles. The van der Waals surface area contributed by atoms with E-state index in [4.69, 9.17) is 0 Å². The standard InChI is InChI=1S/C19H23N5O2/c1-5-6-11(3)15-16(25)22-19(23-17(15)26)24-18-20-12(4)13-8-7-10(2)9-14(13)21-18/h7-9,11H,5-6H2,1-4H3,(H3,20,21,22,23,24,25,26)/t11-/m0/s1. The maximum absolute atomic E-state index is 12.4. The molecule has 0 saturated carbocycles. The van der Waals surface area contributed by atoms with Crippen LogP contribution in [0.1, 0.15) is 49.4 Å². The molecule has 0 fully saturated rings. The third-order valence-corrected chi connectivity index (χ3v) is 4.42. The van der Waals surface area contributed by atoms with Crippen LogP contribution < -0.4 is 10.9 Å². The van der Waals surface area contributed by atoms with Crippen LogP contribution in [0.3, 0.4) is 0 Å². The number of aromatic amines is 1. The Morgan fingerprint density at radius 2 is 2.00 bits per heavy atom. The zero-order valence-electron chi connectivity index (χ0n) is 15.4. The van der Waals surface area contributed by atoms with Gasteiger partial charge in [-0.25, -0.2) is 9.97 Å². The molecule has 0 unspecified atom stereocenters. The van der Waals surface area contributed by atoms with Gasteiger partial charge in [-0.15, -0.1) is 0 Å². The van der Waals surface area contributed by atoms with Gasteiger partial charge in [-0.2, -0.15) is 4.98 Å². The third kappa shape index (κ3) is 3.51. The van der Waals surface area contributed by atoms with E-state index < -0.39 is 0 Å². The minimum Gasteiger partial charge on any atom is -0.493 e. The van der Waals surface area contributed by atoms with Crippen molar-refractivity contribution >= 4 is 22.8 Å². The van der Waals surface area contributed by atoms with Crippen LogP contribution in [0.2, 0.25) is 0 Å². The van der Waals surface area contributed by atoms with E-state index in [0.29, 0.717) is 11.5 Å². The molecule has 0 amide bonds. The van der Waals surface area contributed by atoms with Gasteiger partial charge >= 0.3 is 0 Å². The number of fused-ring (bicyclic) bond motifs is 1. The number of hydrogen-bond donors (Lipinski definition) is 3. The van der Waals surface area contributed by atoms with E-state index in [1.807, 2.05) is 45.9 Å². The molecule has 0 bridgehead atoms. The number of hydrogen-bond acceptors (Lipinski definition) is 6. The van der Waals surface area contributed by atoms with Crippen LogP contribution in [0.25, 0.3) is 10.9 Å². The largest absolute Gasteiger partial charge is 0.493 e. The lowest BCUT2D eigenvalue weighted by molar-refractivity contribution is 0.436. The van der Waals surface area contributed by atoms with Crippen molar-refractivity contribution in [2.45, 2.75) is 46.5 Å². The smallest absolute Gasteiger partial charge is 0.259 e. The fraction of sp³-hybridized carbons (Fsp3) is 0.368.